The van der Waals surface area contributed by atoms with Crippen molar-refractivity contribution in [2.24, 2.45) is 0 Å². The summed E-state index contributed by atoms with van der Waals surface area (Å²) in [6.45, 7) is 8.30. The smallest absolute Gasteiger partial charge is 0.197 e. The monoisotopic (exact) mass is 325 g/mol. The molecule has 1 aromatic heterocycles. The molecule has 1 aromatic carbocycles. The number of benzene rings is 1. The van der Waals surface area contributed by atoms with Crippen LogP contribution in [0, 0.1) is 0 Å². The molecule has 0 spiro atoms. The van der Waals surface area contributed by atoms with Crippen molar-refractivity contribution in [3.63, 3.8) is 0 Å². The summed E-state index contributed by atoms with van der Waals surface area (Å²) in [5, 5.41) is 15.0. The van der Waals surface area contributed by atoms with Crippen LogP contribution in [-0.4, -0.2) is 24.2 Å². The first-order chi connectivity index (χ1) is 11.4. The maximum atomic E-state index is 11.6. The molecule has 3 rings (SSSR count). The van der Waals surface area contributed by atoms with Crippen LogP contribution >= 0.6 is 0 Å². The molecule has 1 radical (unpaired) electrons. The van der Waals surface area contributed by atoms with Crippen LogP contribution in [0.3, 0.4) is 0 Å². The van der Waals surface area contributed by atoms with Crippen LogP contribution in [0.25, 0.3) is 0 Å². The second kappa shape index (κ2) is 6.81. The van der Waals surface area contributed by atoms with Crippen molar-refractivity contribution in [2.45, 2.75) is 44.6 Å². The Bertz CT molecular complexity index is 677. The highest BCUT2D eigenvalue weighted by atomic mass is 16.5. The van der Waals surface area contributed by atoms with Gasteiger partial charge in [0.25, 0.3) is 0 Å². The number of nitrogens with zero attached hydrogens (tertiary/aromatic N) is 1. The van der Waals surface area contributed by atoms with Gasteiger partial charge >= 0.3 is 0 Å². The Balaban J connectivity index is 1.77. The Kier molecular flexibility index (Phi) is 4.76. The molecule has 2 atom stereocenters. The van der Waals surface area contributed by atoms with E-state index < -0.39 is 0 Å². The standard InChI is InChI=1S/C20H25N2O2/c1-20(2,3)15-4-6-17(7-5-15)24-19-13-21-9-8-18(19)14-10-16(23)12-22-11-14/h4-7,10-12,18-19,21H,8-9,13H2,1-3H3. The first kappa shape index (κ1) is 16.8. The summed E-state index contributed by atoms with van der Waals surface area (Å²) in [5.74, 6) is 1.02. The number of ether oxygens (including phenoxy) is 1. The molecule has 2 aromatic rings. The van der Waals surface area contributed by atoms with Gasteiger partial charge in [-0.2, -0.15) is 0 Å². The molecule has 4 nitrogen and oxygen atoms in total. The Morgan fingerprint density at radius 1 is 1.17 bits per heavy atom. The highest BCUT2D eigenvalue weighted by Crippen LogP contribution is 2.31. The number of aromatic nitrogens is 1. The normalized spacial score (nSPS) is 21.5. The lowest BCUT2D eigenvalue weighted by atomic mass is 9.87. The van der Waals surface area contributed by atoms with Crippen molar-refractivity contribution in [1.82, 2.24) is 10.3 Å². The van der Waals surface area contributed by atoms with Gasteiger partial charge < -0.3 is 10.1 Å². The van der Waals surface area contributed by atoms with Crippen LogP contribution < -0.4 is 10.1 Å². The molecule has 127 valence electrons. The Labute approximate surface area is 143 Å². The molecule has 1 aliphatic rings. The van der Waals surface area contributed by atoms with E-state index in [0.717, 1.165) is 30.8 Å². The topological polar surface area (TPSA) is 54.0 Å². The number of pyridine rings is 1. The zero-order valence-corrected chi connectivity index (χ0v) is 14.6. The first-order valence-electron chi connectivity index (χ1n) is 8.53. The van der Waals surface area contributed by atoms with Gasteiger partial charge in [-0.25, -0.2) is 0 Å². The lowest BCUT2D eigenvalue weighted by Crippen LogP contribution is -2.42. The van der Waals surface area contributed by atoms with Crippen LogP contribution in [0.1, 0.15) is 44.2 Å². The Morgan fingerprint density at radius 3 is 2.58 bits per heavy atom. The van der Waals surface area contributed by atoms with Crippen LogP contribution in [-0.2, 0) is 10.5 Å². The molecule has 1 saturated heterocycles. The second-order valence-corrected chi connectivity index (χ2v) is 7.48. The maximum absolute atomic E-state index is 11.6. The number of rotatable bonds is 3. The van der Waals surface area contributed by atoms with E-state index >= 15 is 0 Å². The molecule has 1 aliphatic heterocycles. The van der Waals surface area contributed by atoms with E-state index in [1.165, 1.54) is 11.8 Å². The van der Waals surface area contributed by atoms with Crippen molar-refractivity contribution in [2.75, 3.05) is 13.1 Å². The van der Waals surface area contributed by atoms with Crippen molar-refractivity contribution in [1.29, 1.82) is 0 Å². The minimum absolute atomic E-state index is 0.00263. The second-order valence-electron chi connectivity index (χ2n) is 7.48. The predicted octanol–water partition coefficient (Wildman–Crippen LogP) is 4.05. The molecule has 1 N–H and O–H groups in total. The quantitative estimate of drug-likeness (QED) is 0.926. The maximum Gasteiger partial charge on any atom is 0.197 e. The molecule has 24 heavy (non-hydrogen) atoms. The summed E-state index contributed by atoms with van der Waals surface area (Å²) >= 11 is 0. The Morgan fingerprint density at radius 2 is 1.92 bits per heavy atom. The van der Waals surface area contributed by atoms with Gasteiger partial charge in [-0.3, -0.25) is 10.1 Å². The SMILES string of the molecule is CC(C)(C)c1ccc(OC2CNCCC2c2cncc([O])c2)cc1. The third kappa shape index (κ3) is 3.88. The lowest BCUT2D eigenvalue weighted by Gasteiger charge is -2.32. The van der Waals surface area contributed by atoms with Gasteiger partial charge in [0.15, 0.2) is 5.75 Å². The highest BCUT2D eigenvalue weighted by Gasteiger charge is 2.29. The highest BCUT2D eigenvalue weighted by molar-refractivity contribution is 5.32. The van der Waals surface area contributed by atoms with Gasteiger partial charge in [0.2, 0.25) is 0 Å². The average Bonchev–Trinajstić information content (AvgIpc) is 2.55. The fourth-order valence-corrected chi connectivity index (χ4v) is 3.18. The first-order valence-corrected chi connectivity index (χ1v) is 8.53. The van der Waals surface area contributed by atoms with E-state index in [2.05, 4.69) is 43.2 Å². The summed E-state index contributed by atoms with van der Waals surface area (Å²) in [5.41, 5.74) is 2.39. The minimum atomic E-state index is -0.0423. The zero-order chi connectivity index (χ0) is 17.2. The molecular weight excluding hydrogens is 300 g/mol. The molecule has 2 heterocycles. The molecule has 1 fully saturated rings. The van der Waals surface area contributed by atoms with Crippen LogP contribution in [0.2, 0.25) is 0 Å². The summed E-state index contributed by atoms with van der Waals surface area (Å²) in [4.78, 5) is 4.05. The van der Waals surface area contributed by atoms with Crippen LogP contribution in [0.5, 0.6) is 11.5 Å². The van der Waals surface area contributed by atoms with Crippen LogP contribution in [0.4, 0.5) is 0 Å². The molecule has 0 saturated carbocycles. The third-order valence-corrected chi connectivity index (χ3v) is 4.60. The number of hydrogen-bond acceptors (Lipinski definition) is 3. The van der Waals surface area contributed by atoms with Gasteiger partial charge in [-0.15, -0.1) is 0 Å². The summed E-state index contributed by atoms with van der Waals surface area (Å²) in [7, 11) is 0. The van der Waals surface area contributed by atoms with Crippen molar-refractivity contribution < 1.29 is 9.84 Å². The fourth-order valence-electron chi connectivity index (χ4n) is 3.18. The van der Waals surface area contributed by atoms with Crippen molar-refractivity contribution >= 4 is 0 Å². The third-order valence-electron chi connectivity index (χ3n) is 4.60. The number of nitrogens with one attached hydrogen (secondary N) is 1. The van der Waals surface area contributed by atoms with Crippen molar-refractivity contribution in [3.8, 4) is 11.5 Å². The van der Waals surface area contributed by atoms with Gasteiger partial charge in [0.1, 0.15) is 11.9 Å². The average molecular weight is 325 g/mol. The molecule has 0 amide bonds. The van der Waals surface area contributed by atoms with Gasteiger partial charge in [0, 0.05) is 18.7 Å². The van der Waals surface area contributed by atoms with E-state index in [9.17, 15) is 5.11 Å². The van der Waals surface area contributed by atoms with E-state index in [4.69, 9.17) is 4.74 Å². The van der Waals surface area contributed by atoms with Gasteiger partial charge in [-0.1, -0.05) is 32.9 Å². The Hall–Kier alpha value is -2.07. The molecular formula is C20H25N2O2. The van der Waals surface area contributed by atoms with Gasteiger partial charge in [0.05, 0.1) is 6.20 Å². The predicted molar refractivity (Wildman–Crippen MR) is 94.2 cm³/mol. The van der Waals surface area contributed by atoms with Crippen molar-refractivity contribution in [3.05, 3.63) is 53.9 Å². The minimum Gasteiger partial charge on any atom is -0.488 e. The summed E-state index contributed by atoms with van der Waals surface area (Å²) in [6, 6.07) is 10.0. The van der Waals surface area contributed by atoms with E-state index in [1.54, 1.807) is 12.3 Å². The van der Waals surface area contributed by atoms with E-state index in [1.807, 2.05) is 12.1 Å². The number of piperidine rings is 1. The molecule has 0 bridgehead atoms. The van der Waals surface area contributed by atoms with E-state index in [-0.39, 0.29) is 23.2 Å². The van der Waals surface area contributed by atoms with E-state index in [0.29, 0.717) is 0 Å². The number of hydrogen-bond donors (Lipinski definition) is 1. The lowest BCUT2D eigenvalue weighted by molar-refractivity contribution is 0.142. The summed E-state index contributed by atoms with van der Waals surface area (Å²) in [6.07, 6.45) is 4.08. The molecule has 2 unspecified atom stereocenters. The largest absolute Gasteiger partial charge is 0.488 e. The molecule has 0 aliphatic carbocycles. The zero-order valence-electron chi connectivity index (χ0n) is 14.6. The fraction of sp³-hybridized carbons (Fsp3) is 0.450. The summed E-state index contributed by atoms with van der Waals surface area (Å²) < 4.78 is 6.24. The van der Waals surface area contributed by atoms with Gasteiger partial charge in [-0.05, 0) is 47.7 Å². The van der Waals surface area contributed by atoms with Crippen LogP contribution in [0.15, 0.2) is 42.7 Å². The molecule has 4 heteroatoms.